The zero-order valence-electron chi connectivity index (χ0n) is 11.2. The monoisotopic (exact) mass is 268 g/mol. The van der Waals surface area contributed by atoms with E-state index in [4.69, 9.17) is 10.5 Å². The highest BCUT2D eigenvalue weighted by Gasteiger charge is 2.31. The molecule has 0 amide bonds. The first-order valence-corrected chi connectivity index (χ1v) is 6.62. The molecule has 1 aliphatic rings. The second kappa shape index (κ2) is 5.65. The number of benzene rings is 1. The second-order valence-corrected chi connectivity index (χ2v) is 5.20. The van der Waals surface area contributed by atoms with Crippen molar-refractivity contribution in [2.24, 2.45) is 0 Å². The summed E-state index contributed by atoms with van der Waals surface area (Å²) >= 11 is 0. The smallest absolute Gasteiger partial charge is 0.167 e. The summed E-state index contributed by atoms with van der Waals surface area (Å²) in [6, 6.07) is 2.80. The van der Waals surface area contributed by atoms with Crippen LogP contribution in [-0.4, -0.2) is 24.4 Å². The normalized spacial score (nSPS) is 18.1. The van der Waals surface area contributed by atoms with Crippen molar-refractivity contribution in [1.82, 2.24) is 0 Å². The molecule has 1 saturated carbocycles. The van der Waals surface area contributed by atoms with Gasteiger partial charge in [-0.15, -0.1) is 0 Å². The van der Waals surface area contributed by atoms with Gasteiger partial charge in [0.25, 0.3) is 0 Å². The number of nitrogens with one attached hydrogen (secondary N) is 1. The molecule has 4 nitrogen and oxygen atoms in total. The Bertz CT molecular complexity index is 445. The fourth-order valence-electron chi connectivity index (χ4n) is 2.67. The van der Waals surface area contributed by atoms with Gasteiger partial charge in [-0.05, 0) is 12.8 Å². The second-order valence-electron chi connectivity index (χ2n) is 5.20. The molecule has 1 aromatic rings. The molecule has 19 heavy (non-hydrogen) atoms. The fraction of sp³-hybridized carbons (Fsp3) is 0.571. The van der Waals surface area contributed by atoms with Crippen LogP contribution < -0.4 is 15.8 Å². The number of halogens is 1. The van der Waals surface area contributed by atoms with Gasteiger partial charge in [0.1, 0.15) is 0 Å². The van der Waals surface area contributed by atoms with Crippen molar-refractivity contribution < 1.29 is 14.2 Å². The minimum absolute atomic E-state index is 0.0477. The highest BCUT2D eigenvalue weighted by atomic mass is 19.1. The molecule has 106 valence electrons. The number of anilines is 2. The Labute approximate surface area is 112 Å². The Kier molecular flexibility index (Phi) is 4.14. The standard InChI is InChI=1S/C14H21FN2O2/c1-19-13-8-12(11(16)7-10(13)15)17-14(9-18)5-3-2-4-6-14/h7-8,17-18H,2-6,9,16H2,1H3. The van der Waals surface area contributed by atoms with Crippen LogP contribution in [0.15, 0.2) is 12.1 Å². The van der Waals surface area contributed by atoms with Crippen LogP contribution in [-0.2, 0) is 0 Å². The summed E-state index contributed by atoms with van der Waals surface area (Å²) in [6.45, 7) is 0.0477. The van der Waals surface area contributed by atoms with Gasteiger partial charge in [0, 0.05) is 12.1 Å². The molecule has 0 radical (unpaired) electrons. The lowest BCUT2D eigenvalue weighted by molar-refractivity contribution is 0.173. The zero-order chi connectivity index (χ0) is 13.9. The number of rotatable bonds is 4. The van der Waals surface area contributed by atoms with Gasteiger partial charge in [-0.2, -0.15) is 0 Å². The first-order chi connectivity index (χ1) is 9.10. The number of hydrogen-bond acceptors (Lipinski definition) is 4. The molecule has 4 N–H and O–H groups in total. The van der Waals surface area contributed by atoms with Crippen LogP contribution in [0.3, 0.4) is 0 Å². The van der Waals surface area contributed by atoms with E-state index < -0.39 is 5.82 Å². The molecule has 1 aromatic carbocycles. The number of aliphatic hydroxyl groups excluding tert-OH is 1. The number of nitrogen functional groups attached to an aromatic ring is 1. The summed E-state index contributed by atoms with van der Waals surface area (Å²) < 4.78 is 18.5. The van der Waals surface area contributed by atoms with Crippen molar-refractivity contribution >= 4 is 11.4 Å². The number of ether oxygens (including phenoxy) is 1. The van der Waals surface area contributed by atoms with E-state index in [0.717, 1.165) is 25.7 Å². The van der Waals surface area contributed by atoms with Gasteiger partial charge in [0.2, 0.25) is 0 Å². The van der Waals surface area contributed by atoms with E-state index >= 15 is 0 Å². The first kappa shape index (κ1) is 13.9. The molecule has 5 heteroatoms. The summed E-state index contributed by atoms with van der Waals surface area (Å²) in [4.78, 5) is 0. The average Bonchev–Trinajstić information content (AvgIpc) is 2.43. The largest absolute Gasteiger partial charge is 0.494 e. The molecule has 0 atom stereocenters. The Hall–Kier alpha value is -1.49. The molecule has 0 unspecified atom stereocenters. The van der Waals surface area contributed by atoms with Gasteiger partial charge in [0.05, 0.1) is 30.6 Å². The van der Waals surface area contributed by atoms with Crippen LogP contribution >= 0.6 is 0 Å². The van der Waals surface area contributed by atoms with Crippen LogP contribution in [0.5, 0.6) is 5.75 Å². The molecule has 0 aromatic heterocycles. The van der Waals surface area contributed by atoms with Crippen LogP contribution in [0.25, 0.3) is 0 Å². The third-order valence-electron chi connectivity index (χ3n) is 3.84. The van der Waals surface area contributed by atoms with Gasteiger partial charge < -0.3 is 20.9 Å². The average molecular weight is 268 g/mol. The molecule has 1 fully saturated rings. The molecule has 0 saturated heterocycles. The maximum Gasteiger partial charge on any atom is 0.167 e. The number of aliphatic hydroxyl groups is 1. The van der Waals surface area contributed by atoms with Crippen LogP contribution in [0, 0.1) is 5.82 Å². The van der Waals surface area contributed by atoms with Gasteiger partial charge in [-0.25, -0.2) is 4.39 Å². The summed E-state index contributed by atoms with van der Waals surface area (Å²) in [6.07, 6.45) is 5.12. The molecular formula is C14H21FN2O2. The van der Waals surface area contributed by atoms with Crippen LogP contribution in [0.2, 0.25) is 0 Å². The zero-order valence-corrected chi connectivity index (χ0v) is 11.2. The fourth-order valence-corrected chi connectivity index (χ4v) is 2.67. The van der Waals surface area contributed by atoms with Crippen LogP contribution in [0.4, 0.5) is 15.8 Å². The van der Waals surface area contributed by atoms with Crippen molar-refractivity contribution in [2.45, 2.75) is 37.6 Å². The summed E-state index contributed by atoms with van der Waals surface area (Å²) in [5.41, 5.74) is 6.43. The summed E-state index contributed by atoms with van der Waals surface area (Å²) in [7, 11) is 1.42. The minimum Gasteiger partial charge on any atom is -0.494 e. The van der Waals surface area contributed by atoms with Crippen molar-refractivity contribution in [3.05, 3.63) is 17.9 Å². The lowest BCUT2D eigenvalue weighted by Crippen LogP contribution is -2.44. The van der Waals surface area contributed by atoms with Gasteiger partial charge in [-0.3, -0.25) is 0 Å². The van der Waals surface area contributed by atoms with Crippen LogP contribution in [0.1, 0.15) is 32.1 Å². The maximum absolute atomic E-state index is 13.5. The topological polar surface area (TPSA) is 67.5 Å². The van der Waals surface area contributed by atoms with E-state index in [1.54, 1.807) is 6.07 Å². The van der Waals surface area contributed by atoms with Gasteiger partial charge >= 0.3 is 0 Å². The predicted molar refractivity (Wildman–Crippen MR) is 73.9 cm³/mol. The van der Waals surface area contributed by atoms with Crippen molar-refractivity contribution in [3.8, 4) is 5.75 Å². The Morgan fingerprint density at radius 2 is 2.05 bits per heavy atom. The van der Waals surface area contributed by atoms with E-state index in [2.05, 4.69) is 5.32 Å². The molecular weight excluding hydrogens is 247 g/mol. The number of methoxy groups -OCH3 is 1. The third kappa shape index (κ3) is 2.92. The molecule has 0 heterocycles. The van der Waals surface area contributed by atoms with E-state index in [0.29, 0.717) is 11.4 Å². The van der Waals surface area contributed by atoms with Crippen molar-refractivity contribution in [2.75, 3.05) is 24.8 Å². The number of hydrogen-bond donors (Lipinski definition) is 3. The first-order valence-electron chi connectivity index (χ1n) is 6.62. The predicted octanol–water partition coefficient (Wildman–Crippen LogP) is 2.52. The van der Waals surface area contributed by atoms with Gasteiger partial charge in [-0.1, -0.05) is 19.3 Å². The summed E-state index contributed by atoms with van der Waals surface area (Å²) in [5.74, 6) is -0.326. The molecule has 0 spiro atoms. The Morgan fingerprint density at radius 1 is 1.37 bits per heavy atom. The summed E-state index contributed by atoms with van der Waals surface area (Å²) in [5, 5.41) is 13.0. The lowest BCUT2D eigenvalue weighted by Gasteiger charge is -2.37. The SMILES string of the molecule is COc1cc(NC2(CO)CCCCC2)c(N)cc1F. The molecule has 0 bridgehead atoms. The minimum atomic E-state index is -0.479. The maximum atomic E-state index is 13.5. The molecule has 2 rings (SSSR count). The highest BCUT2D eigenvalue weighted by molar-refractivity contribution is 5.69. The third-order valence-corrected chi connectivity index (χ3v) is 3.84. The lowest BCUT2D eigenvalue weighted by atomic mass is 9.82. The Balaban J connectivity index is 2.26. The molecule has 0 aliphatic heterocycles. The van der Waals surface area contributed by atoms with E-state index in [1.807, 2.05) is 0 Å². The van der Waals surface area contributed by atoms with E-state index in [1.165, 1.54) is 19.6 Å². The van der Waals surface area contributed by atoms with E-state index in [-0.39, 0.29) is 17.9 Å². The Morgan fingerprint density at radius 3 is 2.63 bits per heavy atom. The van der Waals surface area contributed by atoms with E-state index in [9.17, 15) is 9.50 Å². The quantitative estimate of drug-likeness (QED) is 0.734. The van der Waals surface area contributed by atoms with Crippen molar-refractivity contribution in [3.63, 3.8) is 0 Å². The molecule has 1 aliphatic carbocycles. The highest BCUT2D eigenvalue weighted by Crippen LogP contribution is 2.35. The number of nitrogens with two attached hydrogens (primary N) is 1. The van der Waals surface area contributed by atoms with Gasteiger partial charge in [0.15, 0.2) is 11.6 Å². The van der Waals surface area contributed by atoms with Crippen molar-refractivity contribution in [1.29, 1.82) is 0 Å².